The first-order chi connectivity index (χ1) is 10.4. The van der Waals surface area contributed by atoms with Crippen molar-refractivity contribution in [3.8, 4) is 0 Å². The number of nitrogens with zero attached hydrogens (tertiary/aromatic N) is 4. The largest absolute Gasteiger partial charge is 0.357 e. The first-order valence-corrected chi connectivity index (χ1v) is 6.45. The SMILES string of the molecule is CC(=O)c1cccc(Nc2ncnc(N(C)C)c2[N+](=O)[O-])c1. The lowest BCUT2D eigenvalue weighted by Gasteiger charge is -2.13. The van der Waals surface area contributed by atoms with E-state index in [1.54, 1.807) is 38.4 Å². The molecule has 2 rings (SSSR count). The topological polar surface area (TPSA) is 101 Å². The lowest BCUT2D eigenvalue weighted by molar-refractivity contribution is -0.383. The average molecular weight is 301 g/mol. The highest BCUT2D eigenvalue weighted by Gasteiger charge is 2.24. The Kier molecular flexibility index (Phi) is 4.31. The number of ketones is 1. The molecule has 0 fully saturated rings. The molecule has 1 aromatic heterocycles. The van der Waals surface area contributed by atoms with Gasteiger partial charge in [0, 0.05) is 25.3 Å². The molecule has 1 heterocycles. The number of Topliss-reactive ketones (excluding diaryl/α,β-unsaturated/α-hetero) is 1. The molecule has 0 spiro atoms. The Hall–Kier alpha value is -3.03. The smallest absolute Gasteiger partial charge is 0.353 e. The summed E-state index contributed by atoms with van der Waals surface area (Å²) in [6.07, 6.45) is 1.25. The van der Waals surface area contributed by atoms with E-state index < -0.39 is 4.92 Å². The minimum Gasteiger partial charge on any atom is -0.357 e. The van der Waals surface area contributed by atoms with Crippen molar-refractivity contribution in [3.63, 3.8) is 0 Å². The molecule has 1 aromatic carbocycles. The van der Waals surface area contributed by atoms with Crippen molar-refractivity contribution in [3.05, 3.63) is 46.3 Å². The van der Waals surface area contributed by atoms with Gasteiger partial charge in [-0.15, -0.1) is 0 Å². The molecule has 8 heteroatoms. The molecule has 0 atom stereocenters. The molecule has 0 saturated carbocycles. The van der Waals surface area contributed by atoms with Crippen molar-refractivity contribution >= 4 is 28.8 Å². The number of carbonyl (C=O) groups is 1. The number of anilines is 3. The van der Waals surface area contributed by atoms with Gasteiger partial charge in [0.2, 0.25) is 11.6 Å². The van der Waals surface area contributed by atoms with Crippen molar-refractivity contribution in [1.29, 1.82) is 0 Å². The van der Waals surface area contributed by atoms with Crippen LogP contribution in [0.1, 0.15) is 17.3 Å². The number of hydrogen-bond donors (Lipinski definition) is 1. The van der Waals surface area contributed by atoms with E-state index in [0.29, 0.717) is 11.3 Å². The number of hydrogen-bond acceptors (Lipinski definition) is 7. The standard InChI is InChI=1S/C14H15N5O3/c1-9(20)10-5-4-6-11(7-10)17-13-12(19(21)22)14(18(2)3)16-8-15-13/h4-8H,1-3H3,(H,15,16,17). The summed E-state index contributed by atoms with van der Waals surface area (Å²) >= 11 is 0. The molecule has 0 aliphatic rings. The maximum atomic E-state index is 11.4. The van der Waals surface area contributed by atoms with Crippen molar-refractivity contribution < 1.29 is 9.72 Å². The summed E-state index contributed by atoms with van der Waals surface area (Å²) in [4.78, 5) is 31.6. The predicted octanol–water partition coefficient (Wildman–Crippen LogP) is 2.40. The van der Waals surface area contributed by atoms with Crippen LogP contribution < -0.4 is 10.2 Å². The zero-order valence-electron chi connectivity index (χ0n) is 12.4. The fourth-order valence-corrected chi connectivity index (χ4v) is 1.91. The summed E-state index contributed by atoms with van der Waals surface area (Å²) in [7, 11) is 3.32. The van der Waals surface area contributed by atoms with Crippen LogP contribution in [0.15, 0.2) is 30.6 Å². The maximum absolute atomic E-state index is 11.4. The van der Waals surface area contributed by atoms with E-state index in [1.165, 1.54) is 18.2 Å². The van der Waals surface area contributed by atoms with Crippen LogP contribution in [0.25, 0.3) is 0 Å². The highest BCUT2D eigenvalue weighted by atomic mass is 16.6. The monoisotopic (exact) mass is 301 g/mol. The summed E-state index contributed by atoms with van der Waals surface area (Å²) in [5.74, 6) is 0.185. The third-order valence-corrected chi connectivity index (χ3v) is 2.94. The first kappa shape index (κ1) is 15.4. The Labute approximate surface area is 127 Å². The number of nitrogens with one attached hydrogen (secondary N) is 1. The van der Waals surface area contributed by atoms with Gasteiger partial charge in [-0.25, -0.2) is 9.97 Å². The number of aromatic nitrogens is 2. The molecule has 0 saturated heterocycles. The quantitative estimate of drug-likeness (QED) is 0.514. The average Bonchev–Trinajstić information content (AvgIpc) is 2.46. The van der Waals surface area contributed by atoms with E-state index in [0.717, 1.165) is 0 Å². The molecule has 22 heavy (non-hydrogen) atoms. The lowest BCUT2D eigenvalue weighted by Crippen LogP contribution is -2.14. The van der Waals surface area contributed by atoms with Crippen LogP contribution in [0.5, 0.6) is 0 Å². The van der Waals surface area contributed by atoms with E-state index in [4.69, 9.17) is 0 Å². The van der Waals surface area contributed by atoms with Gasteiger partial charge in [0.1, 0.15) is 6.33 Å². The van der Waals surface area contributed by atoms with Crippen LogP contribution in [-0.2, 0) is 0 Å². The highest BCUT2D eigenvalue weighted by molar-refractivity contribution is 5.95. The Morgan fingerprint density at radius 1 is 1.32 bits per heavy atom. The van der Waals surface area contributed by atoms with Gasteiger partial charge in [-0.05, 0) is 19.1 Å². The number of benzene rings is 1. The molecule has 0 aliphatic heterocycles. The Morgan fingerprint density at radius 3 is 2.64 bits per heavy atom. The fraction of sp³-hybridized carbons (Fsp3) is 0.214. The molecule has 2 aromatic rings. The van der Waals surface area contributed by atoms with Crippen molar-refractivity contribution in [2.75, 3.05) is 24.3 Å². The van der Waals surface area contributed by atoms with Crippen LogP contribution in [0.3, 0.4) is 0 Å². The van der Waals surface area contributed by atoms with Crippen LogP contribution >= 0.6 is 0 Å². The molecule has 0 radical (unpaired) electrons. The second-order valence-electron chi connectivity index (χ2n) is 4.81. The summed E-state index contributed by atoms with van der Waals surface area (Å²) < 4.78 is 0. The third kappa shape index (κ3) is 3.17. The molecule has 1 N–H and O–H groups in total. The third-order valence-electron chi connectivity index (χ3n) is 2.94. The van der Waals surface area contributed by atoms with Crippen molar-refractivity contribution in [2.45, 2.75) is 6.92 Å². The Morgan fingerprint density at radius 2 is 2.05 bits per heavy atom. The van der Waals surface area contributed by atoms with Gasteiger partial charge in [0.15, 0.2) is 5.78 Å². The lowest BCUT2D eigenvalue weighted by atomic mass is 10.1. The van der Waals surface area contributed by atoms with Crippen LogP contribution in [-0.4, -0.2) is 34.8 Å². The van der Waals surface area contributed by atoms with Gasteiger partial charge in [-0.3, -0.25) is 14.9 Å². The van der Waals surface area contributed by atoms with Gasteiger partial charge in [0.25, 0.3) is 0 Å². The number of rotatable bonds is 5. The molecular weight excluding hydrogens is 286 g/mol. The van der Waals surface area contributed by atoms with Gasteiger partial charge in [-0.1, -0.05) is 12.1 Å². The number of nitro groups is 1. The highest BCUT2D eigenvalue weighted by Crippen LogP contribution is 2.32. The van der Waals surface area contributed by atoms with Crippen LogP contribution in [0.4, 0.5) is 23.0 Å². The zero-order chi connectivity index (χ0) is 16.3. The summed E-state index contributed by atoms with van der Waals surface area (Å²) in [6.45, 7) is 1.45. The van der Waals surface area contributed by atoms with Gasteiger partial charge in [0.05, 0.1) is 4.92 Å². The van der Waals surface area contributed by atoms with Crippen molar-refractivity contribution in [1.82, 2.24) is 9.97 Å². The van der Waals surface area contributed by atoms with E-state index in [1.807, 2.05) is 0 Å². The second-order valence-corrected chi connectivity index (χ2v) is 4.81. The molecular formula is C14H15N5O3. The fourth-order valence-electron chi connectivity index (χ4n) is 1.91. The summed E-state index contributed by atoms with van der Waals surface area (Å²) in [6, 6.07) is 6.68. The minimum atomic E-state index is -0.535. The Bertz CT molecular complexity index is 730. The zero-order valence-corrected chi connectivity index (χ0v) is 12.4. The normalized spacial score (nSPS) is 10.1. The molecule has 0 unspecified atom stereocenters. The summed E-state index contributed by atoms with van der Waals surface area (Å²) in [5.41, 5.74) is 0.828. The van der Waals surface area contributed by atoms with E-state index >= 15 is 0 Å². The predicted molar refractivity (Wildman–Crippen MR) is 82.7 cm³/mol. The first-order valence-electron chi connectivity index (χ1n) is 6.45. The van der Waals surface area contributed by atoms with Gasteiger partial charge in [-0.2, -0.15) is 0 Å². The van der Waals surface area contributed by atoms with E-state index in [9.17, 15) is 14.9 Å². The second kappa shape index (κ2) is 6.17. The number of carbonyl (C=O) groups excluding carboxylic acids is 1. The summed E-state index contributed by atoms with van der Waals surface area (Å²) in [5, 5.41) is 14.2. The van der Waals surface area contributed by atoms with E-state index in [-0.39, 0.29) is 23.1 Å². The van der Waals surface area contributed by atoms with Gasteiger partial charge < -0.3 is 10.2 Å². The molecule has 0 amide bonds. The minimum absolute atomic E-state index is 0.0735. The van der Waals surface area contributed by atoms with E-state index in [2.05, 4.69) is 15.3 Å². The van der Waals surface area contributed by atoms with Gasteiger partial charge >= 0.3 is 5.69 Å². The maximum Gasteiger partial charge on any atom is 0.353 e. The molecule has 114 valence electrons. The van der Waals surface area contributed by atoms with Crippen molar-refractivity contribution in [2.24, 2.45) is 0 Å². The molecule has 8 nitrogen and oxygen atoms in total. The van der Waals surface area contributed by atoms with Crippen LogP contribution in [0, 0.1) is 10.1 Å². The molecule has 0 aliphatic carbocycles. The molecule has 0 bridgehead atoms. The Balaban J connectivity index is 2.45. The van der Waals surface area contributed by atoms with Crippen LogP contribution in [0.2, 0.25) is 0 Å².